The number of Topliss-reactive ketones (excluding diaryl/α,β-unsaturated/α-hetero) is 1. The van der Waals surface area contributed by atoms with Crippen LogP contribution in [0.1, 0.15) is 46.4 Å². The van der Waals surface area contributed by atoms with Gasteiger partial charge in [0.2, 0.25) is 5.91 Å². The number of benzene rings is 2. The van der Waals surface area contributed by atoms with E-state index in [1.807, 2.05) is 24.1 Å². The Hall–Kier alpha value is -2.62. The quantitative estimate of drug-likeness (QED) is 0.784. The summed E-state index contributed by atoms with van der Waals surface area (Å²) in [4.78, 5) is 26.3. The summed E-state index contributed by atoms with van der Waals surface area (Å²) >= 11 is 0. The molecule has 0 saturated heterocycles. The van der Waals surface area contributed by atoms with Crippen LogP contribution in [0.4, 0.5) is 0 Å². The maximum atomic E-state index is 12.8. The van der Waals surface area contributed by atoms with Crippen LogP contribution in [0.25, 0.3) is 0 Å². The van der Waals surface area contributed by atoms with Crippen LogP contribution in [0.5, 0.6) is 5.75 Å². The first kappa shape index (κ1) is 17.2. The molecule has 0 N–H and O–H groups in total. The molecular weight excluding hydrogens is 314 g/mol. The van der Waals surface area contributed by atoms with E-state index in [0.29, 0.717) is 11.3 Å². The van der Waals surface area contributed by atoms with Crippen LogP contribution in [0.15, 0.2) is 42.5 Å². The molecule has 4 heteroatoms. The van der Waals surface area contributed by atoms with Crippen molar-refractivity contribution in [1.82, 2.24) is 4.90 Å². The van der Waals surface area contributed by atoms with E-state index in [2.05, 4.69) is 12.1 Å². The lowest BCUT2D eigenvalue weighted by Crippen LogP contribution is -2.31. The minimum atomic E-state index is -0.0190. The fraction of sp³-hybridized carbons (Fsp3) is 0.333. The maximum Gasteiger partial charge on any atom is 0.227 e. The van der Waals surface area contributed by atoms with Gasteiger partial charge in [-0.2, -0.15) is 0 Å². The van der Waals surface area contributed by atoms with Gasteiger partial charge in [-0.3, -0.25) is 9.59 Å². The molecular formula is C21H23NO3. The lowest BCUT2D eigenvalue weighted by molar-refractivity contribution is -0.131. The number of likely N-dealkylation sites (N-methyl/N-ethyl adjacent to an activating group) is 1. The van der Waals surface area contributed by atoms with E-state index >= 15 is 0 Å². The molecule has 3 rings (SSSR count). The van der Waals surface area contributed by atoms with Gasteiger partial charge in [0.15, 0.2) is 5.78 Å². The number of nitrogens with zero attached hydrogens (tertiary/aromatic N) is 1. The Morgan fingerprint density at radius 2 is 1.96 bits per heavy atom. The van der Waals surface area contributed by atoms with Crippen molar-refractivity contribution in [2.75, 3.05) is 14.2 Å². The predicted octanol–water partition coefficient (Wildman–Crippen LogP) is 3.59. The van der Waals surface area contributed by atoms with Gasteiger partial charge in [-0.1, -0.05) is 24.3 Å². The molecule has 1 aliphatic carbocycles. The average molecular weight is 337 g/mol. The first-order valence-electron chi connectivity index (χ1n) is 8.52. The summed E-state index contributed by atoms with van der Waals surface area (Å²) in [5.74, 6) is 0.647. The zero-order valence-corrected chi connectivity index (χ0v) is 14.9. The SMILES string of the molecule is COc1ccc(C(C)=O)cc1CC(=O)N(C)C1CCc2ccccc21. The van der Waals surface area contributed by atoms with Gasteiger partial charge in [-0.05, 0) is 49.1 Å². The van der Waals surface area contributed by atoms with Gasteiger partial charge in [-0.15, -0.1) is 0 Å². The molecule has 4 nitrogen and oxygen atoms in total. The van der Waals surface area contributed by atoms with Crippen molar-refractivity contribution in [2.45, 2.75) is 32.2 Å². The molecule has 1 amide bonds. The summed E-state index contributed by atoms with van der Waals surface area (Å²) in [6.45, 7) is 1.52. The zero-order chi connectivity index (χ0) is 18.0. The fourth-order valence-electron chi connectivity index (χ4n) is 3.53. The summed E-state index contributed by atoms with van der Waals surface area (Å²) < 4.78 is 5.36. The number of ether oxygens (including phenoxy) is 1. The van der Waals surface area contributed by atoms with Crippen LogP contribution in [0.2, 0.25) is 0 Å². The normalized spacial score (nSPS) is 15.6. The Kier molecular flexibility index (Phi) is 4.88. The second-order valence-electron chi connectivity index (χ2n) is 6.52. The van der Waals surface area contributed by atoms with Gasteiger partial charge < -0.3 is 9.64 Å². The lowest BCUT2D eigenvalue weighted by atomic mass is 10.0. The van der Waals surface area contributed by atoms with Crippen LogP contribution < -0.4 is 4.74 Å². The molecule has 0 aromatic heterocycles. The number of amides is 1. The first-order chi connectivity index (χ1) is 12.0. The van der Waals surface area contributed by atoms with E-state index in [1.165, 1.54) is 18.1 Å². The molecule has 130 valence electrons. The number of carbonyl (C=O) groups is 2. The van der Waals surface area contributed by atoms with Gasteiger partial charge in [-0.25, -0.2) is 0 Å². The van der Waals surface area contributed by atoms with Gasteiger partial charge >= 0.3 is 0 Å². The van der Waals surface area contributed by atoms with Crippen molar-refractivity contribution in [2.24, 2.45) is 0 Å². The number of hydrogen-bond acceptors (Lipinski definition) is 3. The summed E-state index contributed by atoms with van der Waals surface area (Å²) in [6.07, 6.45) is 2.17. The van der Waals surface area contributed by atoms with Crippen molar-refractivity contribution in [1.29, 1.82) is 0 Å². The Balaban J connectivity index is 1.81. The topological polar surface area (TPSA) is 46.6 Å². The average Bonchev–Trinajstić information content (AvgIpc) is 3.04. The minimum Gasteiger partial charge on any atom is -0.496 e. The standard InChI is InChI=1S/C21H23NO3/c1-14(23)16-9-11-20(25-3)17(12-16)13-21(24)22(2)19-10-8-15-6-4-5-7-18(15)19/h4-7,9,11-12,19H,8,10,13H2,1-3H3. The molecule has 0 radical (unpaired) electrons. The van der Waals surface area contributed by atoms with Gasteiger partial charge in [0.1, 0.15) is 5.75 Å². The van der Waals surface area contributed by atoms with Crippen molar-refractivity contribution >= 4 is 11.7 Å². The molecule has 1 aliphatic rings. The van der Waals surface area contributed by atoms with E-state index in [-0.39, 0.29) is 24.2 Å². The maximum absolute atomic E-state index is 12.8. The molecule has 0 saturated carbocycles. The third kappa shape index (κ3) is 3.43. The molecule has 2 aromatic carbocycles. The van der Waals surface area contributed by atoms with E-state index in [4.69, 9.17) is 4.74 Å². The smallest absolute Gasteiger partial charge is 0.227 e. The highest BCUT2D eigenvalue weighted by Gasteiger charge is 2.28. The van der Waals surface area contributed by atoms with Gasteiger partial charge in [0, 0.05) is 18.2 Å². The number of hydrogen-bond donors (Lipinski definition) is 0. The summed E-state index contributed by atoms with van der Waals surface area (Å²) in [6, 6.07) is 13.7. The van der Waals surface area contributed by atoms with Crippen LogP contribution >= 0.6 is 0 Å². The summed E-state index contributed by atoms with van der Waals surface area (Å²) in [7, 11) is 3.43. The Morgan fingerprint density at radius 1 is 1.20 bits per heavy atom. The number of carbonyl (C=O) groups excluding carboxylic acids is 2. The van der Waals surface area contributed by atoms with Crippen LogP contribution in [-0.2, 0) is 17.6 Å². The molecule has 0 aliphatic heterocycles. The van der Waals surface area contributed by atoms with Crippen molar-refractivity contribution in [3.05, 3.63) is 64.7 Å². The molecule has 0 heterocycles. The Morgan fingerprint density at radius 3 is 2.68 bits per heavy atom. The fourth-order valence-corrected chi connectivity index (χ4v) is 3.53. The Bertz CT molecular complexity index is 813. The number of methoxy groups -OCH3 is 1. The van der Waals surface area contributed by atoms with E-state index in [1.54, 1.807) is 25.3 Å². The van der Waals surface area contributed by atoms with Crippen LogP contribution in [-0.4, -0.2) is 30.7 Å². The van der Waals surface area contributed by atoms with Crippen LogP contribution in [0.3, 0.4) is 0 Å². The third-order valence-corrected chi connectivity index (χ3v) is 4.99. The van der Waals surface area contributed by atoms with E-state index in [0.717, 1.165) is 18.4 Å². The molecule has 1 unspecified atom stereocenters. The molecule has 2 aromatic rings. The monoisotopic (exact) mass is 337 g/mol. The molecule has 0 spiro atoms. The summed E-state index contributed by atoms with van der Waals surface area (Å²) in [5.41, 5.74) is 3.90. The highest BCUT2D eigenvalue weighted by Crippen LogP contribution is 2.35. The molecule has 0 bridgehead atoms. The lowest BCUT2D eigenvalue weighted by Gasteiger charge is -2.26. The van der Waals surface area contributed by atoms with Gasteiger partial charge in [0.05, 0.1) is 19.6 Å². The number of rotatable bonds is 5. The van der Waals surface area contributed by atoms with E-state index < -0.39 is 0 Å². The zero-order valence-electron chi connectivity index (χ0n) is 14.9. The molecule has 25 heavy (non-hydrogen) atoms. The molecule has 1 atom stereocenters. The molecule has 0 fully saturated rings. The second kappa shape index (κ2) is 7.09. The first-order valence-corrected chi connectivity index (χ1v) is 8.52. The third-order valence-electron chi connectivity index (χ3n) is 4.99. The second-order valence-corrected chi connectivity index (χ2v) is 6.52. The van der Waals surface area contributed by atoms with Crippen molar-refractivity contribution in [3.8, 4) is 5.75 Å². The largest absolute Gasteiger partial charge is 0.496 e. The number of aryl methyl sites for hydroxylation is 1. The highest BCUT2D eigenvalue weighted by molar-refractivity contribution is 5.94. The van der Waals surface area contributed by atoms with Crippen molar-refractivity contribution in [3.63, 3.8) is 0 Å². The minimum absolute atomic E-state index is 0.0190. The highest BCUT2D eigenvalue weighted by atomic mass is 16.5. The number of fused-ring (bicyclic) bond motifs is 1. The van der Waals surface area contributed by atoms with Gasteiger partial charge in [0.25, 0.3) is 0 Å². The predicted molar refractivity (Wildman–Crippen MR) is 97.0 cm³/mol. The Labute approximate surface area is 148 Å². The van der Waals surface area contributed by atoms with E-state index in [9.17, 15) is 9.59 Å². The van der Waals surface area contributed by atoms with Crippen LogP contribution in [0, 0.1) is 0 Å². The van der Waals surface area contributed by atoms with Crippen molar-refractivity contribution < 1.29 is 14.3 Å². The summed E-state index contributed by atoms with van der Waals surface area (Å²) in [5, 5.41) is 0. The number of ketones is 1.